The average Bonchev–Trinajstić information content (AvgIpc) is 2.62. The quantitative estimate of drug-likeness (QED) is 0.672. The summed E-state index contributed by atoms with van der Waals surface area (Å²) in [5.74, 6) is 0.524. The fraction of sp³-hybridized carbons (Fsp3) is 0.316. The van der Waals surface area contributed by atoms with Crippen LogP contribution in [0.1, 0.15) is 18.1 Å². The van der Waals surface area contributed by atoms with Gasteiger partial charge in [-0.1, -0.05) is 19.1 Å². The van der Waals surface area contributed by atoms with Gasteiger partial charge in [-0.2, -0.15) is 0 Å². The Bertz CT molecular complexity index is 745. The number of nitrogens with one attached hydrogen (secondary N) is 1. The molecule has 0 aliphatic carbocycles. The Hall–Kier alpha value is -2.89. The molecule has 6 heteroatoms. The Labute approximate surface area is 147 Å². The van der Waals surface area contributed by atoms with Crippen molar-refractivity contribution in [2.75, 3.05) is 14.2 Å². The van der Waals surface area contributed by atoms with Crippen LogP contribution in [0, 0.1) is 5.92 Å². The van der Waals surface area contributed by atoms with E-state index in [2.05, 4.69) is 5.32 Å². The lowest BCUT2D eigenvalue weighted by atomic mass is 10.00. The maximum atomic E-state index is 12.3. The van der Waals surface area contributed by atoms with E-state index in [-0.39, 0.29) is 23.3 Å². The van der Waals surface area contributed by atoms with E-state index in [1.165, 1.54) is 12.1 Å². The van der Waals surface area contributed by atoms with Crippen molar-refractivity contribution < 1.29 is 24.5 Å². The Morgan fingerprint density at radius 3 is 2.32 bits per heavy atom. The third-order valence-corrected chi connectivity index (χ3v) is 3.94. The molecule has 0 spiro atoms. The number of aromatic hydroxyl groups is 2. The first-order valence-corrected chi connectivity index (χ1v) is 7.94. The number of phenolic OH excluding ortho intramolecular Hbond substituents is 2. The summed E-state index contributed by atoms with van der Waals surface area (Å²) in [7, 11) is 3.14. The second kappa shape index (κ2) is 8.28. The van der Waals surface area contributed by atoms with E-state index in [4.69, 9.17) is 9.47 Å². The minimum absolute atomic E-state index is 0.0950. The molecule has 0 bridgehead atoms. The van der Waals surface area contributed by atoms with Crippen molar-refractivity contribution in [2.24, 2.45) is 5.92 Å². The van der Waals surface area contributed by atoms with Crippen molar-refractivity contribution in [1.82, 2.24) is 5.32 Å². The van der Waals surface area contributed by atoms with Gasteiger partial charge >= 0.3 is 0 Å². The van der Waals surface area contributed by atoms with E-state index in [0.29, 0.717) is 24.5 Å². The first kappa shape index (κ1) is 18.4. The summed E-state index contributed by atoms with van der Waals surface area (Å²) in [5, 5.41) is 21.7. The van der Waals surface area contributed by atoms with Gasteiger partial charge in [0.05, 0.1) is 14.2 Å². The highest BCUT2D eigenvalue weighted by atomic mass is 16.5. The van der Waals surface area contributed by atoms with Gasteiger partial charge in [-0.15, -0.1) is 0 Å². The van der Waals surface area contributed by atoms with Crippen molar-refractivity contribution in [2.45, 2.75) is 19.9 Å². The summed E-state index contributed by atoms with van der Waals surface area (Å²) in [6.45, 7) is 2.19. The van der Waals surface area contributed by atoms with Crippen molar-refractivity contribution >= 4 is 5.91 Å². The van der Waals surface area contributed by atoms with Crippen molar-refractivity contribution in [3.8, 4) is 23.0 Å². The predicted octanol–water partition coefficient (Wildman–Crippen LogP) is 2.61. The number of hydrogen-bond donors (Lipinski definition) is 3. The molecule has 2 rings (SSSR count). The van der Waals surface area contributed by atoms with Crippen molar-refractivity contribution in [3.05, 3.63) is 47.5 Å². The number of amides is 1. The number of benzene rings is 2. The van der Waals surface area contributed by atoms with E-state index in [1.54, 1.807) is 26.4 Å². The summed E-state index contributed by atoms with van der Waals surface area (Å²) < 4.78 is 10.4. The maximum Gasteiger partial charge on any atom is 0.223 e. The fourth-order valence-electron chi connectivity index (χ4n) is 2.50. The molecule has 0 saturated heterocycles. The van der Waals surface area contributed by atoms with Crippen LogP contribution in [0.5, 0.6) is 23.0 Å². The van der Waals surface area contributed by atoms with Crippen LogP contribution in [-0.2, 0) is 17.8 Å². The molecule has 0 aliphatic heterocycles. The number of phenols is 2. The zero-order valence-electron chi connectivity index (χ0n) is 14.6. The Balaban J connectivity index is 1.94. The number of carbonyl (C=O) groups is 1. The zero-order chi connectivity index (χ0) is 18.4. The largest absolute Gasteiger partial charge is 0.504 e. The molecule has 0 heterocycles. The molecule has 1 amide bonds. The van der Waals surface area contributed by atoms with E-state index >= 15 is 0 Å². The van der Waals surface area contributed by atoms with E-state index in [1.807, 2.05) is 19.1 Å². The van der Waals surface area contributed by atoms with Gasteiger partial charge in [0.1, 0.15) is 0 Å². The number of carbonyl (C=O) groups excluding carboxylic acids is 1. The number of methoxy groups -OCH3 is 2. The smallest absolute Gasteiger partial charge is 0.223 e. The van der Waals surface area contributed by atoms with Gasteiger partial charge in [0.15, 0.2) is 23.0 Å². The summed E-state index contributed by atoms with van der Waals surface area (Å²) in [6, 6.07) is 10.1. The van der Waals surface area contributed by atoms with Gasteiger partial charge in [0.25, 0.3) is 0 Å². The van der Waals surface area contributed by atoms with Gasteiger partial charge in [-0.25, -0.2) is 0 Å². The average molecular weight is 345 g/mol. The second-order valence-corrected chi connectivity index (χ2v) is 5.84. The highest BCUT2D eigenvalue weighted by Crippen LogP contribution is 2.28. The molecule has 0 radical (unpaired) electrons. The lowest BCUT2D eigenvalue weighted by Crippen LogP contribution is -2.29. The molecule has 2 aromatic rings. The first-order valence-electron chi connectivity index (χ1n) is 7.94. The normalized spacial score (nSPS) is 11.6. The summed E-state index contributed by atoms with van der Waals surface area (Å²) >= 11 is 0. The van der Waals surface area contributed by atoms with Crippen LogP contribution in [-0.4, -0.2) is 30.3 Å². The molecule has 0 aliphatic rings. The zero-order valence-corrected chi connectivity index (χ0v) is 14.6. The number of hydrogen-bond acceptors (Lipinski definition) is 5. The molecule has 25 heavy (non-hydrogen) atoms. The van der Waals surface area contributed by atoms with Gasteiger partial charge in [-0.3, -0.25) is 4.79 Å². The number of rotatable bonds is 7. The van der Waals surface area contributed by atoms with E-state index in [9.17, 15) is 15.0 Å². The standard InChI is InChI=1S/C19H23NO5/c1-12(8-13-4-6-15(21)16(22)9-13)19(23)20-11-14-5-7-17(24-2)18(10-14)25-3/h4-7,9-10,12,21-22H,8,11H2,1-3H3,(H,20,23). The molecule has 1 unspecified atom stereocenters. The first-order chi connectivity index (χ1) is 11.9. The van der Waals surface area contributed by atoms with Crippen molar-refractivity contribution in [1.29, 1.82) is 0 Å². The second-order valence-electron chi connectivity index (χ2n) is 5.84. The van der Waals surface area contributed by atoms with Crippen LogP contribution < -0.4 is 14.8 Å². The van der Waals surface area contributed by atoms with Crippen LogP contribution in [0.3, 0.4) is 0 Å². The molecule has 0 fully saturated rings. The minimum Gasteiger partial charge on any atom is -0.504 e. The topological polar surface area (TPSA) is 88.0 Å². The molecule has 2 aromatic carbocycles. The van der Waals surface area contributed by atoms with E-state index < -0.39 is 0 Å². The van der Waals surface area contributed by atoms with Crippen LogP contribution in [0.25, 0.3) is 0 Å². The SMILES string of the molecule is COc1ccc(CNC(=O)C(C)Cc2ccc(O)c(O)c2)cc1OC. The number of ether oxygens (including phenoxy) is 2. The summed E-state index contributed by atoms with van der Waals surface area (Å²) in [6.07, 6.45) is 0.464. The molecule has 0 saturated carbocycles. The molecule has 0 aromatic heterocycles. The predicted molar refractivity (Wildman–Crippen MR) is 94.0 cm³/mol. The minimum atomic E-state index is -0.274. The Morgan fingerprint density at radius 1 is 1.00 bits per heavy atom. The molecular formula is C19H23NO5. The van der Waals surface area contributed by atoms with Gasteiger partial charge in [-0.05, 0) is 41.8 Å². The maximum absolute atomic E-state index is 12.3. The monoisotopic (exact) mass is 345 g/mol. The molecule has 3 N–H and O–H groups in total. The fourth-order valence-corrected chi connectivity index (χ4v) is 2.50. The Morgan fingerprint density at radius 2 is 1.68 bits per heavy atom. The van der Waals surface area contributed by atoms with Crippen LogP contribution >= 0.6 is 0 Å². The third kappa shape index (κ3) is 4.79. The highest BCUT2D eigenvalue weighted by Gasteiger charge is 2.14. The van der Waals surface area contributed by atoms with Gasteiger partial charge in [0, 0.05) is 12.5 Å². The summed E-state index contributed by atoms with van der Waals surface area (Å²) in [5.41, 5.74) is 1.68. The van der Waals surface area contributed by atoms with Gasteiger partial charge in [0.2, 0.25) is 5.91 Å². The van der Waals surface area contributed by atoms with Crippen LogP contribution in [0.15, 0.2) is 36.4 Å². The van der Waals surface area contributed by atoms with Crippen molar-refractivity contribution in [3.63, 3.8) is 0 Å². The van der Waals surface area contributed by atoms with Gasteiger partial charge < -0.3 is 25.0 Å². The van der Waals surface area contributed by atoms with Crippen LogP contribution in [0.4, 0.5) is 0 Å². The van der Waals surface area contributed by atoms with Crippen LogP contribution in [0.2, 0.25) is 0 Å². The molecule has 1 atom stereocenters. The lowest BCUT2D eigenvalue weighted by molar-refractivity contribution is -0.124. The molecule has 134 valence electrons. The van der Waals surface area contributed by atoms with E-state index in [0.717, 1.165) is 11.1 Å². The summed E-state index contributed by atoms with van der Waals surface area (Å²) in [4.78, 5) is 12.3. The Kier molecular flexibility index (Phi) is 6.11. The third-order valence-electron chi connectivity index (χ3n) is 3.94. The molecular weight excluding hydrogens is 322 g/mol. The highest BCUT2D eigenvalue weighted by molar-refractivity contribution is 5.78. The molecule has 6 nitrogen and oxygen atoms in total. The lowest BCUT2D eigenvalue weighted by Gasteiger charge is -2.14.